The van der Waals surface area contributed by atoms with E-state index in [1.165, 1.54) is 25.8 Å². The zero-order valence-corrected chi connectivity index (χ0v) is 14.3. The van der Waals surface area contributed by atoms with E-state index in [4.69, 9.17) is 9.47 Å². The summed E-state index contributed by atoms with van der Waals surface area (Å²) >= 11 is 0. The van der Waals surface area contributed by atoms with E-state index in [0.29, 0.717) is 5.75 Å². The zero-order chi connectivity index (χ0) is 16.5. The lowest BCUT2D eigenvalue weighted by atomic mass is 10.0. The Balaban J connectivity index is 1.57. The molecule has 0 spiro atoms. The molecule has 0 radical (unpaired) electrons. The minimum Gasteiger partial charge on any atom is -0.497 e. The van der Waals surface area contributed by atoms with Gasteiger partial charge in [-0.15, -0.1) is 0 Å². The lowest BCUT2D eigenvalue weighted by Crippen LogP contribution is -3.16. The van der Waals surface area contributed by atoms with E-state index < -0.39 is 0 Å². The Morgan fingerprint density at radius 1 is 1.26 bits per heavy atom. The molecule has 2 N–H and O–H groups in total. The number of rotatable bonds is 8. The highest BCUT2D eigenvalue weighted by molar-refractivity contribution is 5.77. The van der Waals surface area contributed by atoms with Gasteiger partial charge in [0.05, 0.1) is 26.2 Å². The van der Waals surface area contributed by atoms with E-state index in [2.05, 4.69) is 12.2 Å². The van der Waals surface area contributed by atoms with Gasteiger partial charge >= 0.3 is 0 Å². The Morgan fingerprint density at radius 2 is 2.00 bits per heavy atom. The van der Waals surface area contributed by atoms with Crippen LogP contribution >= 0.6 is 0 Å². The highest BCUT2D eigenvalue weighted by Gasteiger charge is 2.20. The van der Waals surface area contributed by atoms with E-state index >= 15 is 0 Å². The number of carbonyl (C=O) groups excluding carboxylic acids is 1. The summed E-state index contributed by atoms with van der Waals surface area (Å²) in [5.41, 5.74) is 0. The van der Waals surface area contributed by atoms with Crippen LogP contribution in [-0.4, -0.2) is 45.3 Å². The van der Waals surface area contributed by atoms with Crippen LogP contribution in [-0.2, 0) is 4.79 Å². The van der Waals surface area contributed by atoms with Crippen molar-refractivity contribution in [3.63, 3.8) is 0 Å². The van der Waals surface area contributed by atoms with Gasteiger partial charge in [-0.05, 0) is 50.5 Å². The van der Waals surface area contributed by atoms with Crippen molar-refractivity contribution in [1.29, 1.82) is 0 Å². The van der Waals surface area contributed by atoms with Crippen molar-refractivity contribution < 1.29 is 19.2 Å². The first-order valence-electron chi connectivity index (χ1n) is 8.57. The molecule has 1 aromatic rings. The van der Waals surface area contributed by atoms with Crippen LogP contribution in [0.5, 0.6) is 11.5 Å². The standard InChI is InChI=1S/C18H28N2O3/c1-15-6-3-4-12-20(15)13-5-11-19-18(21)14-23-17-9-7-16(22-2)8-10-17/h7-10,15H,3-6,11-14H2,1-2H3,(H,19,21)/p+1/t15-/m0/s1. The predicted octanol–water partition coefficient (Wildman–Crippen LogP) is 1.04. The number of likely N-dealkylation sites (tertiary alicyclic amines) is 1. The number of nitrogens with one attached hydrogen (secondary N) is 2. The molecule has 1 fully saturated rings. The van der Waals surface area contributed by atoms with Gasteiger partial charge in [0.25, 0.3) is 5.91 Å². The van der Waals surface area contributed by atoms with Gasteiger partial charge in [-0.25, -0.2) is 0 Å². The first-order chi connectivity index (χ1) is 11.2. The maximum Gasteiger partial charge on any atom is 0.257 e. The number of methoxy groups -OCH3 is 1. The molecule has 1 amide bonds. The summed E-state index contributed by atoms with van der Waals surface area (Å²) in [4.78, 5) is 13.5. The normalized spacial score (nSPS) is 20.8. The van der Waals surface area contributed by atoms with Gasteiger partial charge in [0.1, 0.15) is 11.5 Å². The third-order valence-electron chi connectivity index (χ3n) is 4.51. The zero-order valence-electron chi connectivity index (χ0n) is 14.3. The average molecular weight is 321 g/mol. The van der Waals surface area contributed by atoms with E-state index in [1.807, 2.05) is 12.1 Å². The molecular weight excluding hydrogens is 292 g/mol. The third kappa shape index (κ3) is 6.10. The number of quaternary nitrogens is 1. The molecule has 128 valence electrons. The minimum absolute atomic E-state index is 0.0549. The van der Waals surface area contributed by atoms with Gasteiger partial charge < -0.3 is 19.7 Å². The monoisotopic (exact) mass is 321 g/mol. The quantitative estimate of drug-likeness (QED) is 0.704. The molecule has 1 aromatic carbocycles. The van der Waals surface area contributed by atoms with Crippen LogP contribution in [0.1, 0.15) is 32.6 Å². The Hall–Kier alpha value is -1.75. The van der Waals surface area contributed by atoms with Gasteiger partial charge in [0.15, 0.2) is 6.61 Å². The fourth-order valence-electron chi connectivity index (χ4n) is 3.04. The van der Waals surface area contributed by atoms with Crippen molar-refractivity contribution in [3.05, 3.63) is 24.3 Å². The maximum absolute atomic E-state index is 11.8. The summed E-state index contributed by atoms with van der Waals surface area (Å²) in [6.07, 6.45) is 5.05. The number of hydrogen-bond acceptors (Lipinski definition) is 3. The highest BCUT2D eigenvalue weighted by Crippen LogP contribution is 2.16. The summed E-state index contributed by atoms with van der Waals surface area (Å²) in [5.74, 6) is 1.38. The van der Waals surface area contributed by atoms with Crippen LogP contribution in [0.3, 0.4) is 0 Å². The fourth-order valence-corrected chi connectivity index (χ4v) is 3.04. The van der Waals surface area contributed by atoms with Crippen LogP contribution < -0.4 is 19.7 Å². The van der Waals surface area contributed by atoms with Crippen molar-refractivity contribution in [2.24, 2.45) is 0 Å². The topological polar surface area (TPSA) is 52.0 Å². The molecule has 1 unspecified atom stereocenters. The Bertz CT molecular complexity index is 476. The van der Waals surface area contributed by atoms with Crippen LogP contribution in [0.15, 0.2) is 24.3 Å². The molecule has 0 saturated carbocycles. The Morgan fingerprint density at radius 3 is 2.70 bits per heavy atom. The molecule has 0 aromatic heterocycles. The minimum atomic E-state index is -0.0671. The molecule has 1 aliphatic heterocycles. The van der Waals surface area contributed by atoms with Gasteiger partial charge in [-0.3, -0.25) is 4.79 Å². The van der Waals surface area contributed by atoms with Crippen LogP contribution in [0, 0.1) is 0 Å². The molecule has 2 rings (SSSR count). The van der Waals surface area contributed by atoms with Gasteiger partial charge in [0, 0.05) is 13.0 Å². The largest absolute Gasteiger partial charge is 0.497 e. The molecular formula is C18H29N2O3+. The Kier molecular flexibility index (Phi) is 7.20. The SMILES string of the molecule is COc1ccc(OCC(=O)NCCC[NH+]2CCCC[C@@H]2C)cc1. The maximum atomic E-state index is 11.8. The number of benzene rings is 1. The average Bonchev–Trinajstić information content (AvgIpc) is 2.59. The molecule has 5 nitrogen and oxygen atoms in total. The summed E-state index contributed by atoms with van der Waals surface area (Å²) < 4.78 is 10.5. The van der Waals surface area contributed by atoms with E-state index in [-0.39, 0.29) is 12.5 Å². The third-order valence-corrected chi connectivity index (χ3v) is 4.51. The van der Waals surface area contributed by atoms with Crippen molar-refractivity contribution in [2.75, 3.05) is 33.4 Å². The molecule has 5 heteroatoms. The highest BCUT2D eigenvalue weighted by atomic mass is 16.5. The summed E-state index contributed by atoms with van der Waals surface area (Å²) in [5, 5.41) is 2.93. The summed E-state index contributed by atoms with van der Waals surface area (Å²) in [7, 11) is 1.62. The molecule has 1 heterocycles. The number of ether oxygens (including phenoxy) is 2. The lowest BCUT2D eigenvalue weighted by molar-refractivity contribution is -0.928. The second-order valence-corrected chi connectivity index (χ2v) is 6.22. The van der Waals surface area contributed by atoms with E-state index in [9.17, 15) is 4.79 Å². The number of piperidine rings is 1. The molecule has 0 aliphatic carbocycles. The smallest absolute Gasteiger partial charge is 0.257 e. The summed E-state index contributed by atoms with van der Waals surface area (Å²) in [6, 6.07) is 7.99. The van der Waals surface area contributed by atoms with Crippen molar-refractivity contribution in [2.45, 2.75) is 38.6 Å². The number of amides is 1. The van der Waals surface area contributed by atoms with Gasteiger partial charge in [0.2, 0.25) is 0 Å². The molecule has 23 heavy (non-hydrogen) atoms. The van der Waals surface area contributed by atoms with Gasteiger partial charge in [-0.2, -0.15) is 0 Å². The van der Waals surface area contributed by atoms with Crippen LogP contribution in [0.4, 0.5) is 0 Å². The fraction of sp³-hybridized carbons (Fsp3) is 0.611. The van der Waals surface area contributed by atoms with Crippen molar-refractivity contribution in [1.82, 2.24) is 5.32 Å². The number of hydrogen-bond donors (Lipinski definition) is 2. The first kappa shape index (κ1) is 17.6. The number of carbonyl (C=O) groups is 1. The summed E-state index contributed by atoms with van der Waals surface area (Å²) in [6.45, 7) is 5.52. The van der Waals surface area contributed by atoms with Crippen molar-refractivity contribution >= 4 is 5.91 Å². The second kappa shape index (κ2) is 9.40. The van der Waals surface area contributed by atoms with E-state index in [1.54, 1.807) is 24.1 Å². The van der Waals surface area contributed by atoms with Crippen LogP contribution in [0.25, 0.3) is 0 Å². The molecule has 2 atom stereocenters. The molecule has 1 saturated heterocycles. The predicted molar refractivity (Wildman–Crippen MR) is 90.1 cm³/mol. The Labute approximate surface area is 139 Å². The van der Waals surface area contributed by atoms with Crippen molar-refractivity contribution in [3.8, 4) is 11.5 Å². The second-order valence-electron chi connectivity index (χ2n) is 6.22. The molecule has 0 bridgehead atoms. The molecule has 1 aliphatic rings. The van der Waals surface area contributed by atoms with Crippen LogP contribution in [0.2, 0.25) is 0 Å². The van der Waals surface area contributed by atoms with Gasteiger partial charge in [-0.1, -0.05) is 0 Å². The first-order valence-corrected chi connectivity index (χ1v) is 8.57. The lowest BCUT2D eigenvalue weighted by Gasteiger charge is -2.30. The van der Waals surface area contributed by atoms with E-state index in [0.717, 1.165) is 31.3 Å².